The standard InChI is InChI=1S/C19H18BrN5O2/c1-3-13-7-9-14(10-8-13)18(26)22-23-19(27)17-12(2)25(24-21-17)16-6-4-5-15(20)11-16/h4-11H,3H2,1-2H3,(H,22,26)(H,23,27). The Hall–Kier alpha value is -3.00. The normalized spacial score (nSPS) is 10.5. The molecule has 7 nitrogen and oxygen atoms in total. The molecule has 8 heteroatoms. The van der Waals surface area contributed by atoms with Crippen LogP contribution in [0.4, 0.5) is 0 Å². The lowest BCUT2D eigenvalue weighted by molar-refractivity contribution is 0.0843. The van der Waals surface area contributed by atoms with Crippen LogP contribution in [-0.4, -0.2) is 26.8 Å². The number of carbonyl (C=O) groups is 2. The van der Waals surface area contributed by atoms with Gasteiger partial charge in [-0.15, -0.1) is 5.10 Å². The van der Waals surface area contributed by atoms with Crippen LogP contribution >= 0.6 is 15.9 Å². The van der Waals surface area contributed by atoms with Crippen molar-refractivity contribution < 1.29 is 9.59 Å². The average Bonchev–Trinajstić information content (AvgIpc) is 3.07. The van der Waals surface area contributed by atoms with E-state index in [2.05, 4.69) is 37.1 Å². The van der Waals surface area contributed by atoms with Crippen molar-refractivity contribution in [3.63, 3.8) is 0 Å². The number of aromatic nitrogens is 3. The summed E-state index contributed by atoms with van der Waals surface area (Å²) in [6.07, 6.45) is 0.894. The molecule has 0 unspecified atom stereocenters. The Labute approximate surface area is 164 Å². The second-order valence-corrected chi connectivity index (χ2v) is 6.79. The molecular weight excluding hydrogens is 410 g/mol. The summed E-state index contributed by atoms with van der Waals surface area (Å²) in [5.74, 6) is -0.935. The van der Waals surface area contributed by atoms with Gasteiger partial charge in [0, 0.05) is 10.0 Å². The molecule has 0 aliphatic heterocycles. The van der Waals surface area contributed by atoms with Crippen molar-refractivity contribution in [2.75, 3.05) is 0 Å². The van der Waals surface area contributed by atoms with Crippen molar-refractivity contribution >= 4 is 27.7 Å². The molecule has 2 amide bonds. The number of hydrogen-bond acceptors (Lipinski definition) is 4. The van der Waals surface area contributed by atoms with E-state index in [9.17, 15) is 9.59 Å². The van der Waals surface area contributed by atoms with Gasteiger partial charge in [-0.05, 0) is 49.2 Å². The summed E-state index contributed by atoms with van der Waals surface area (Å²) >= 11 is 3.40. The zero-order chi connectivity index (χ0) is 19.4. The third-order valence-electron chi connectivity index (χ3n) is 4.08. The van der Waals surface area contributed by atoms with Crippen LogP contribution in [0, 0.1) is 6.92 Å². The summed E-state index contributed by atoms with van der Waals surface area (Å²) in [7, 11) is 0. The predicted octanol–water partition coefficient (Wildman–Crippen LogP) is 2.98. The van der Waals surface area contributed by atoms with E-state index in [-0.39, 0.29) is 5.69 Å². The lowest BCUT2D eigenvalue weighted by Crippen LogP contribution is -2.42. The first kappa shape index (κ1) is 18.8. The van der Waals surface area contributed by atoms with Crippen LogP contribution in [0.1, 0.15) is 39.0 Å². The number of hydrogen-bond donors (Lipinski definition) is 2. The fraction of sp³-hybridized carbons (Fsp3) is 0.158. The SMILES string of the molecule is CCc1ccc(C(=O)NNC(=O)c2nnn(-c3cccc(Br)c3)c2C)cc1. The fourth-order valence-electron chi connectivity index (χ4n) is 2.53. The van der Waals surface area contributed by atoms with E-state index >= 15 is 0 Å². The lowest BCUT2D eigenvalue weighted by Gasteiger charge is -2.07. The van der Waals surface area contributed by atoms with E-state index in [1.165, 1.54) is 0 Å². The topological polar surface area (TPSA) is 88.9 Å². The summed E-state index contributed by atoms with van der Waals surface area (Å²) in [6.45, 7) is 3.78. The first-order chi connectivity index (χ1) is 13.0. The highest BCUT2D eigenvalue weighted by Gasteiger charge is 2.18. The average molecular weight is 428 g/mol. The Morgan fingerprint density at radius 1 is 1.07 bits per heavy atom. The van der Waals surface area contributed by atoms with E-state index in [0.29, 0.717) is 11.3 Å². The Bertz CT molecular complexity index is 982. The van der Waals surface area contributed by atoms with Gasteiger partial charge in [0.05, 0.1) is 11.4 Å². The van der Waals surface area contributed by atoms with Gasteiger partial charge in [0.15, 0.2) is 5.69 Å². The lowest BCUT2D eigenvalue weighted by atomic mass is 10.1. The molecule has 0 aliphatic carbocycles. The molecule has 0 saturated heterocycles. The number of aryl methyl sites for hydroxylation is 1. The van der Waals surface area contributed by atoms with Crippen molar-refractivity contribution in [2.24, 2.45) is 0 Å². The highest BCUT2D eigenvalue weighted by molar-refractivity contribution is 9.10. The molecule has 0 spiro atoms. The van der Waals surface area contributed by atoms with Crippen LogP contribution in [0.25, 0.3) is 5.69 Å². The molecule has 0 bridgehead atoms. The van der Waals surface area contributed by atoms with E-state index in [4.69, 9.17) is 0 Å². The van der Waals surface area contributed by atoms with Crippen molar-refractivity contribution in [1.82, 2.24) is 25.8 Å². The number of carbonyl (C=O) groups excluding carboxylic acids is 2. The number of hydrazine groups is 1. The van der Waals surface area contributed by atoms with Crippen molar-refractivity contribution in [3.05, 3.63) is 75.5 Å². The molecule has 0 saturated carbocycles. The minimum Gasteiger partial charge on any atom is -0.267 e. The maximum atomic E-state index is 12.4. The molecule has 2 N–H and O–H groups in total. The largest absolute Gasteiger partial charge is 0.292 e. The summed E-state index contributed by atoms with van der Waals surface area (Å²) < 4.78 is 2.45. The monoisotopic (exact) mass is 427 g/mol. The number of rotatable bonds is 4. The van der Waals surface area contributed by atoms with Gasteiger partial charge in [0.25, 0.3) is 11.8 Å². The second-order valence-electron chi connectivity index (χ2n) is 5.87. The van der Waals surface area contributed by atoms with Crippen LogP contribution in [0.5, 0.6) is 0 Å². The molecule has 0 radical (unpaired) electrons. The highest BCUT2D eigenvalue weighted by atomic mass is 79.9. The first-order valence-corrected chi connectivity index (χ1v) is 9.16. The zero-order valence-electron chi connectivity index (χ0n) is 14.9. The highest BCUT2D eigenvalue weighted by Crippen LogP contribution is 2.17. The predicted molar refractivity (Wildman–Crippen MR) is 105 cm³/mol. The number of nitrogens with zero attached hydrogens (tertiary/aromatic N) is 3. The Morgan fingerprint density at radius 2 is 1.78 bits per heavy atom. The van der Waals surface area contributed by atoms with Crippen LogP contribution in [0.2, 0.25) is 0 Å². The maximum absolute atomic E-state index is 12.4. The van der Waals surface area contributed by atoms with Gasteiger partial charge < -0.3 is 0 Å². The van der Waals surface area contributed by atoms with E-state index in [1.54, 1.807) is 23.7 Å². The summed E-state index contributed by atoms with van der Waals surface area (Å²) in [5.41, 5.74) is 7.84. The molecule has 3 aromatic rings. The van der Waals surface area contributed by atoms with Gasteiger partial charge in [-0.3, -0.25) is 20.4 Å². The molecule has 0 aliphatic rings. The van der Waals surface area contributed by atoms with Crippen LogP contribution in [0.15, 0.2) is 53.0 Å². The van der Waals surface area contributed by atoms with E-state index < -0.39 is 11.8 Å². The van der Waals surface area contributed by atoms with Crippen LogP contribution < -0.4 is 10.9 Å². The summed E-state index contributed by atoms with van der Waals surface area (Å²) in [6, 6.07) is 14.7. The molecular formula is C19H18BrN5O2. The van der Waals surface area contributed by atoms with Gasteiger partial charge >= 0.3 is 0 Å². The van der Waals surface area contributed by atoms with Gasteiger partial charge in [-0.2, -0.15) is 0 Å². The van der Waals surface area contributed by atoms with Crippen LogP contribution in [-0.2, 0) is 6.42 Å². The van der Waals surface area contributed by atoms with Gasteiger partial charge in [0.2, 0.25) is 0 Å². The van der Waals surface area contributed by atoms with Gasteiger partial charge in [-0.25, -0.2) is 4.68 Å². The third-order valence-corrected chi connectivity index (χ3v) is 4.57. The van der Waals surface area contributed by atoms with Crippen molar-refractivity contribution in [1.29, 1.82) is 0 Å². The minimum absolute atomic E-state index is 0.136. The van der Waals surface area contributed by atoms with Crippen molar-refractivity contribution in [2.45, 2.75) is 20.3 Å². The minimum atomic E-state index is -0.535. The van der Waals surface area contributed by atoms with Crippen LogP contribution in [0.3, 0.4) is 0 Å². The number of benzene rings is 2. The molecule has 1 heterocycles. The molecule has 3 rings (SSSR count). The Kier molecular flexibility index (Phi) is 5.66. The number of halogens is 1. The van der Waals surface area contributed by atoms with Gasteiger partial charge in [-0.1, -0.05) is 46.3 Å². The Morgan fingerprint density at radius 3 is 2.44 bits per heavy atom. The molecule has 0 fully saturated rings. The summed E-state index contributed by atoms with van der Waals surface area (Å²) in [4.78, 5) is 24.5. The zero-order valence-corrected chi connectivity index (χ0v) is 16.4. The molecule has 138 valence electrons. The molecule has 1 aromatic heterocycles. The molecule has 0 atom stereocenters. The number of amides is 2. The molecule has 2 aromatic carbocycles. The maximum Gasteiger partial charge on any atom is 0.292 e. The van der Waals surface area contributed by atoms with Gasteiger partial charge in [0.1, 0.15) is 0 Å². The first-order valence-electron chi connectivity index (χ1n) is 8.37. The molecule has 27 heavy (non-hydrogen) atoms. The Balaban J connectivity index is 1.68. The van der Waals surface area contributed by atoms with E-state index in [0.717, 1.165) is 22.1 Å². The third kappa shape index (κ3) is 4.22. The number of nitrogens with one attached hydrogen (secondary N) is 2. The quantitative estimate of drug-likeness (QED) is 0.626. The van der Waals surface area contributed by atoms with E-state index in [1.807, 2.05) is 43.3 Å². The smallest absolute Gasteiger partial charge is 0.267 e. The fourth-order valence-corrected chi connectivity index (χ4v) is 2.92. The summed E-state index contributed by atoms with van der Waals surface area (Å²) in [5, 5.41) is 7.95. The van der Waals surface area contributed by atoms with Crippen molar-refractivity contribution in [3.8, 4) is 5.69 Å². The second kappa shape index (κ2) is 8.13.